The van der Waals surface area contributed by atoms with Crippen LogP contribution in [0.1, 0.15) is 19.8 Å². The molecule has 1 atom stereocenters. The number of rotatable bonds is 2. The molecule has 0 saturated heterocycles. The predicted molar refractivity (Wildman–Crippen MR) is 38.3 cm³/mol. The minimum atomic E-state index is 0.650. The van der Waals surface area contributed by atoms with E-state index < -0.39 is 0 Å². The van der Waals surface area contributed by atoms with Crippen molar-refractivity contribution in [1.29, 1.82) is 5.26 Å². The fourth-order valence-electron chi connectivity index (χ4n) is 0.263. The number of alkyl halides is 1. The molecular weight excluding hydrogens is 201 g/mol. The van der Waals surface area contributed by atoms with Crippen molar-refractivity contribution in [2.45, 2.75) is 23.7 Å². The van der Waals surface area contributed by atoms with E-state index in [-0.39, 0.29) is 0 Å². The van der Waals surface area contributed by atoms with Crippen LogP contribution in [0.15, 0.2) is 0 Å². The maximum absolute atomic E-state index is 8.06. The first-order valence-electron chi connectivity index (χ1n) is 2.28. The van der Waals surface area contributed by atoms with Crippen molar-refractivity contribution in [2.75, 3.05) is 0 Å². The van der Waals surface area contributed by atoms with E-state index in [1.165, 1.54) is 0 Å². The molecule has 0 saturated carbocycles. The topological polar surface area (TPSA) is 23.8 Å². The van der Waals surface area contributed by atoms with E-state index in [0.717, 1.165) is 6.42 Å². The standard InChI is InChI=1S/C5H8IN/c1-5(6)3-2-4-7/h5H,2-3H2,1H3. The van der Waals surface area contributed by atoms with Gasteiger partial charge in [-0.3, -0.25) is 0 Å². The summed E-state index contributed by atoms with van der Waals surface area (Å²) < 4.78 is 0.650. The van der Waals surface area contributed by atoms with Gasteiger partial charge in [0.05, 0.1) is 6.07 Å². The van der Waals surface area contributed by atoms with E-state index in [1.54, 1.807) is 0 Å². The molecule has 0 aromatic rings. The van der Waals surface area contributed by atoms with Gasteiger partial charge >= 0.3 is 0 Å². The second-order valence-electron chi connectivity index (χ2n) is 1.48. The first kappa shape index (κ1) is 7.22. The van der Waals surface area contributed by atoms with Crippen LogP contribution in [0.2, 0.25) is 0 Å². The summed E-state index contributed by atoms with van der Waals surface area (Å²) in [6, 6.07) is 2.09. The second-order valence-corrected chi connectivity index (χ2v) is 3.60. The molecule has 0 N–H and O–H groups in total. The third kappa shape index (κ3) is 6.22. The largest absolute Gasteiger partial charge is 0.198 e. The number of nitriles is 1. The highest BCUT2D eigenvalue weighted by atomic mass is 127. The summed E-state index contributed by atoms with van der Waals surface area (Å²) in [5, 5.41) is 8.06. The highest BCUT2D eigenvalue weighted by Crippen LogP contribution is 2.05. The SMILES string of the molecule is CC(I)CCC#N. The van der Waals surface area contributed by atoms with Crippen LogP contribution >= 0.6 is 22.6 Å². The summed E-state index contributed by atoms with van der Waals surface area (Å²) in [5.41, 5.74) is 0. The third-order valence-electron chi connectivity index (χ3n) is 0.654. The summed E-state index contributed by atoms with van der Waals surface area (Å²) >= 11 is 2.31. The molecule has 1 unspecified atom stereocenters. The minimum absolute atomic E-state index is 0.650. The maximum atomic E-state index is 8.06. The molecule has 0 heterocycles. The quantitative estimate of drug-likeness (QED) is 0.504. The van der Waals surface area contributed by atoms with Crippen molar-refractivity contribution in [2.24, 2.45) is 0 Å². The molecule has 0 spiro atoms. The van der Waals surface area contributed by atoms with Gasteiger partial charge in [0.2, 0.25) is 0 Å². The van der Waals surface area contributed by atoms with Crippen molar-refractivity contribution < 1.29 is 0 Å². The highest BCUT2D eigenvalue weighted by molar-refractivity contribution is 14.1. The monoisotopic (exact) mass is 209 g/mol. The number of hydrogen-bond acceptors (Lipinski definition) is 1. The molecule has 2 heteroatoms. The van der Waals surface area contributed by atoms with Gasteiger partial charge in [-0.25, -0.2) is 0 Å². The molecule has 0 bridgehead atoms. The number of halogens is 1. The lowest BCUT2D eigenvalue weighted by Gasteiger charge is -1.92. The van der Waals surface area contributed by atoms with Crippen molar-refractivity contribution in [1.82, 2.24) is 0 Å². The lowest BCUT2D eigenvalue weighted by molar-refractivity contribution is 0.864. The summed E-state index contributed by atoms with van der Waals surface area (Å²) in [5.74, 6) is 0. The first-order chi connectivity index (χ1) is 3.27. The van der Waals surface area contributed by atoms with E-state index in [4.69, 9.17) is 5.26 Å². The van der Waals surface area contributed by atoms with Crippen LogP contribution in [0.4, 0.5) is 0 Å². The Morgan fingerprint density at radius 3 is 2.57 bits per heavy atom. The molecule has 0 aromatic carbocycles. The second kappa shape index (κ2) is 4.38. The molecule has 0 aliphatic heterocycles. The molecule has 0 rings (SSSR count). The lowest BCUT2D eigenvalue weighted by atomic mass is 10.3. The molecule has 0 aliphatic carbocycles. The average Bonchev–Trinajstić information content (AvgIpc) is 1.61. The third-order valence-corrected chi connectivity index (χ3v) is 1.28. The summed E-state index contributed by atoms with van der Waals surface area (Å²) in [6.45, 7) is 2.11. The van der Waals surface area contributed by atoms with Crippen LogP contribution in [0.25, 0.3) is 0 Å². The van der Waals surface area contributed by atoms with E-state index in [1.807, 2.05) is 0 Å². The van der Waals surface area contributed by atoms with Crippen LogP contribution in [-0.2, 0) is 0 Å². The molecule has 0 aromatic heterocycles. The van der Waals surface area contributed by atoms with Crippen molar-refractivity contribution in [3.05, 3.63) is 0 Å². The van der Waals surface area contributed by atoms with E-state index in [9.17, 15) is 0 Å². The summed E-state index contributed by atoms with van der Waals surface area (Å²) in [6.07, 6.45) is 1.72. The minimum Gasteiger partial charge on any atom is -0.198 e. The van der Waals surface area contributed by atoms with Gasteiger partial charge in [-0.05, 0) is 6.42 Å². The molecule has 0 fully saturated rings. The normalized spacial score (nSPS) is 12.7. The van der Waals surface area contributed by atoms with E-state index in [2.05, 4.69) is 35.6 Å². The van der Waals surface area contributed by atoms with Crippen LogP contribution in [-0.4, -0.2) is 3.92 Å². The van der Waals surface area contributed by atoms with Gasteiger partial charge in [0.15, 0.2) is 0 Å². The maximum Gasteiger partial charge on any atom is 0.0622 e. The van der Waals surface area contributed by atoms with Gasteiger partial charge in [0, 0.05) is 10.3 Å². The Kier molecular flexibility index (Phi) is 4.52. The lowest BCUT2D eigenvalue weighted by Crippen LogP contribution is -1.85. The molecule has 0 amide bonds. The zero-order chi connectivity index (χ0) is 5.70. The van der Waals surface area contributed by atoms with Crippen molar-refractivity contribution in [3.63, 3.8) is 0 Å². The Morgan fingerprint density at radius 1 is 1.86 bits per heavy atom. The smallest absolute Gasteiger partial charge is 0.0622 e. The number of hydrogen-bond donors (Lipinski definition) is 0. The highest BCUT2D eigenvalue weighted by Gasteiger charge is 1.90. The summed E-state index contributed by atoms with van der Waals surface area (Å²) in [7, 11) is 0. The van der Waals surface area contributed by atoms with Gasteiger partial charge in [0.25, 0.3) is 0 Å². The fourth-order valence-corrected chi connectivity index (χ4v) is 0.575. The van der Waals surface area contributed by atoms with E-state index in [0.29, 0.717) is 10.3 Å². The molecular formula is C5H8IN. The van der Waals surface area contributed by atoms with Gasteiger partial charge in [-0.2, -0.15) is 5.26 Å². The van der Waals surface area contributed by atoms with Crippen molar-refractivity contribution >= 4 is 22.6 Å². The fraction of sp³-hybridized carbons (Fsp3) is 0.800. The van der Waals surface area contributed by atoms with Gasteiger partial charge in [-0.1, -0.05) is 29.5 Å². The van der Waals surface area contributed by atoms with Crippen LogP contribution in [0, 0.1) is 11.3 Å². The van der Waals surface area contributed by atoms with E-state index >= 15 is 0 Å². The molecule has 1 nitrogen and oxygen atoms in total. The average molecular weight is 209 g/mol. The zero-order valence-electron chi connectivity index (χ0n) is 4.32. The van der Waals surface area contributed by atoms with Gasteiger partial charge in [0.1, 0.15) is 0 Å². The van der Waals surface area contributed by atoms with Crippen LogP contribution in [0.5, 0.6) is 0 Å². The summed E-state index contributed by atoms with van der Waals surface area (Å²) in [4.78, 5) is 0. The number of nitrogens with zero attached hydrogens (tertiary/aromatic N) is 1. The van der Waals surface area contributed by atoms with Gasteiger partial charge in [-0.15, -0.1) is 0 Å². The van der Waals surface area contributed by atoms with Crippen molar-refractivity contribution in [3.8, 4) is 6.07 Å². The first-order valence-corrected chi connectivity index (χ1v) is 3.53. The Labute approximate surface area is 57.9 Å². The van der Waals surface area contributed by atoms with Crippen LogP contribution < -0.4 is 0 Å². The Morgan fingerprint density at radius 2 is 2.43 bits per heavy atom. The van der Waals surface area contributed by atoms with Crippen LogP contribution in [0.3, 0.4) is 0 Å². The predicted octanol–water partition coefficient (Wildman–Crippen LogP) is 2.11. The Balaban J connectivity index is 2.86. The van der Waals surface area contributed by atoms with Gasteiger partial charge < -0.3 is 0 Å². The molecule has 0 radical (unpaired) electrons. The Bertz CT molecular complexity index is 72.6. The Hall–Kier alpha value is 0.220. The molecule has 0 aliphatic rings. The zero-order valence-corrected chi connectivity index (χ0v) is 6.47. The molecule has 7 heavy (non-hydrogen) atoms. The molecule has 40 valence electrons.